The van der Waals surface area contributed by atoms with Gasteiger partial charge in [0.05, 0.1) is 6.54 Å². The van der Waals surface area contributed by atoms with Crippen LogP contribution in [0.2, 0.25) is 5.02 Å². The number of aromatic amines is 1. The largest absolute Gasteiger partial charge is 0.357 e. The number of fused-ring (bicyclic) bond motifs is 1. The molecule has 2 heterocycles. The number of carbonyl (C=O) groups excluding carboxylic acids is 2. The highest BCUT2D eigenvalue weighted by Crippen LogP contribution is 2.32. The highest BCUT2D eigenvalue weighted by molar-refractivity contribution is 6.30. The van der Waals surface area contributed by atoms with E-state index in [1.165, 1.54) is 0 Å². The summed E-state index contributed by atoms with van der Waals surface area (Å²) in [4.78, 5) is 29.7. The van der Waals surface area contributed by atoms with Crippen LogP contribution >= 0.6 is 11.6 Å². The van der Waals surface area contributed by atoms with E-state index in [-0.39, 0.29) is 11.8 Å². The summed E-state index contributed by atoms with van der Waals surface area (Å²) in [6.07, 6.45) is 2.86. The zero-order valence-corrected chi connectivity index (χ0v) is 16.2. The minimum atomic E-state index is -0.174. The Kier molecular flexibility index (Phi) is 4.92. The van der Waals surface area contributed by atoms with Crippen LogP contribution in [-0.4, -0.2) is 16.8 Å². The van der Waals surface area contributed by atoms with Gasteiger partial charge in [-0.2, -0.15) is 0 Å². The molecule has 1 aliphatic heterocycles. The number of rotatable bonds is 4. The molecule has 0 saturated heterocycles. The number of carbonyl (C=O) groups is 2. The number of amides is 2. The van der Waals surface area contributed by atoms with Crippen LogP contribution in [0.1, 0.15) is 33.6 Å². The molecule has 5 nitrogen and oxygen atoms in total. The Hall–Kier alpha value is -3.05. The van der Waals surface area contributed by atoms with Gasteiger partial charge in [0, 0.05) is 29.0 Å². The number of nitrogens with zero attached hydrogens (tertiary/aromatic N) is 1. The molecule has 2 N–H and O–H groups in total. The predicted octanol–water partition coefficient (Wildman–Crippen LogP) is 4.71. The summed E-state index contributed by atoms with van der Waals surface area (Å²) in [6, 6.07) is 15.1. The predicted molar refractivity (Wildman–Crippen MR) is 111 cm³/mol. The topological polar surface area (TPSA) is 65.2 Å². The number of nitrogens with one attached hydrogen (secondary N) is 2. The van der Waals surface area contributed by atoms with Gasteiger partial charge in [-0.05, 0) is 66.4 Å². The second kappa shape index (κ2) is 7.52. The standard InChI is InChI=1S/C22H20ClN3O2/c1-14-10-11-24-21(14)22(28)25-18-7-8-19-16(12-18)4-9-20(27)26(19)13-15-2-5-17(23)6-3-15/h2-3,5-8,10-12,24H,4,9,13H2,1H3,(H,25,28). The highest BCUT2D eigenvalue weighted by Gasteiger charge is 2.24. The van der Waals surface area contributed by atoms with Crippen LogP contribution in [0.4, 0.5) is 11.4 Å². The number of H-pyrrole nitrogens is 1. The third kappa shape index (κ3) is 3.66. The van der Waals surface area contributed by atoms with Gasteiger partial charge < -0.3 is 15.2 Å². The van der Waals surface area contributed by atoms with Crippen molar-refractivity contribution in [2.45, 2.75) is 26.3 Å². The molecular weight excluding hydrogens is 374 g/mol. The molecule has 0 saturated carbocycles. The van der Waals surface area contributed by atoms with Crippen molar-refractivity contribution in [2.75, 3.05) is 10.2 Å². The number of aryl methyl sites for hydroxylation is 2. The lowest BCUT2D eigenvalue weighted by Crippen LogP contribution is -2.34. The van der Waals surface area contributed by atoms with E-state index in [1.54, 1.807) is 11.1 Å². The lowest BCUT2D eigenvalue weighted by Gasteiger charge is -2.30. The van der Waals surface area contributed by atoms with Crippen molar-refractivity contribution in [1.29, 1.82) is 0 Å². The van der Waals surface area contributed by atoms with Crippen LogP contribution < -0.4 is 10.2 Å². The van der Waals surface area contributed by atoms with E-state index >= 15 is 0 Å². The number of halogens is 1. The van der Waals surface area contributed by atoms with Gasteiger partial charge in [-0.1, -0.05) is 23.7 Å². The van der Waals surface area contributed by atoms with E-state index in [2.05, 4.69) is 10.3 Å². The van der Waals surface area contributed by atoms with Crippen molar-refractivity contribution < 1.29 is 9.59 Å². The van der Waals surface area contributed by atoms with Crippen LogP contribution in [0.3, 0.4) is 0 Å². The Labute approximate surface area is 168 Å². The Morgan fingerprint density at radius 2 is 1.93 bits per heavy atom. The lowest BCUT2D eigenvalue weighted by atomic mass is 9.99. The maximum Gasteiger partial charge on any atom is 0.272 e. The molecule has 2 aromatic carbocycles. The first-order chi connectivity index (χ1) is 13.5. The maximum absolute atomic E-state index is 12.5. The quantitative estimate of drug-likeness (QED) is 0.674. The Bertz CT molecular complexity index is 1040. The molecule has 28 heavy (non-hydrogen) atoms. The van der Waals surface area contributed by atoms with E-state index in [0.29, 0.717) is 30.1 Å². The van der Waals surface area contributed by atoms with E-state index < -0.39 is 0 Å². The second-order valence-corrected chi connectivity index (χ2v) is 7.38. The molecule has 0 unspecified atom stereocenters. The third-order valence-electron chi connectivity index (χ3n) is 4.97. The molecule has 0 bridgehead atoms. The number of anilines is 2. The highest BCUT2D eigenvalue weighted by atomic mass is 35.5. The molecule has 3 aromatic rings. The summed E-state index contributed by atoms with van der Waals surface area (Å²) >= 11 is 5.95. The smallest absolute Gasteiger partial charge is 0.272 e. The first-order valence-electron chi connectivity index (χ1n) is 9.14. The summed E-state index contributed by atoms with van der Waals surface area (Å²) < 4.78 is 0. The lowest BCUT2D eigenvalue weighted by molar-refractivity contribution is -0.119. The average molecular weight is 394 g/mol. The van der Waals surface area contributed by atoms with Crippen LogP contribution in [-0.2, 0) is 17.8 Å². The molecule has 0 atom stereocenters. The summed E-state index contributed by atoms with van der Waals surface area (Å²) in [5.41, 5.74) is 5.13. The van der Waals surface area contributed by atoms with Crippen molar-refractivity contribution in [3.8, 4) is 0 Å². The van der Waals surface area contributed by atoms with E-state index in [0.717, 1.165) is 28.1 Å². The van der Waals surface area contributed by atoms with E-state index in [1.807, 2.05) is 55.5 Å². The fourth-order valence-electron chi connectivity index (χ4n) is 3.47. The summed E-state index contributed by atoms with van der Waals surface area (Å²) in [5, 5.41) is 3.60. The van der Waals surface area contributed by atoms with Crippen molar-refractivity contribution in [3.05, 3.63) is 82.1 Å². The summed E-state index contributed by atoms with van der Waals surface area (Å²) in [6.45, 7) is 2.38. The fraction of sp³-hybridized carbons (Fsp3) is 0.182. The maximum atomic E-state index is 12.5. The molecule has 142 valence electrons. The van der Waals surface area contributed by atoms with Crippen molar-refractivity contribution >= 4 is 34.8 Å². The number of benzene rings is 2. The van der Waals surface area contributed by atoms with Gasteiger partial charge in [0.2, 0.25) is 5.91 Å². The Morgan fingerprint density at radius 3 is 2.64 bits per heavy atom. The fourth-order valence-corrected chi connectivity index (χ4v) is 3.59. The Morgan fingerprint density at radius 1 is 1.14 bits per heavy atom. The molecule has 6 heteroatoms. The van der Waals surface area contributed by atoms with Crippen LogP contribution in [0, 0.1) is 6.92 Å². The number of hydrogen-bond acceptors (Lipinski definition) is 2. The third-order valence-corrected chi connectivity index (χ3v) is 5.23. The van der Waals surface area contributed by atoms with E-state index in [9.17, 15) is 9.59 Å². The van der Waals surface area contributed by atoms with Gasteiger partial charge >= 0.3 is 0 Å². The van der Waals surface area contributed by atoms with Crippen LogP contribution in [0.5, 0.6) is 0 Å². The molecule has 1 aromatic heterocycles. The first-order valence-corrected chi connectivity index (χ1v) is 9.52. The summed E-state index contributed by atoms with van der Waals surface area (Å²) in [7, 11) is 0. The first kappa shape index (κ1) is 18.3. The minimum Gasteiger partial charge on any atom is -0.357 e. The Balaban J connectivity index is 1.56. The van der Waals surface area contributed by atoms with Gasteiger partial charge in [0.15, 0.2) is 0 Å². The normalized spacial score (nSPS) is 13.4. The van der Waals surface area contributed by atoms with Crippen LogP contribution in [0.25, 0.3) is 0 Å². The van der Waals surface area contributed by atoms with Crippen molar-refractivity contribution in [3.63, 3.8) is 0 Å². The molecule has 1 aliphatic rings. The van der Waals surface area contributed by atoms with Gasteiger partial charge in [-0.15, -0.1) is 0 Å². The van der Waals surface area contributed by atoms with Crippen molar-refractivity contribution in [2.24, 2.45) is 0 Å². The molecule has 0 fully saturated rings. The second-order valence-electron chi connectivity index (χ2n) is 6.94. The molecule has 0 radical (unpaired) electrons. The zero-order valence-electron chi connectivity index (χ0n) is 15.5. The summed E-state index contributed by atoms with van der Waals surface area (Å²) in [5.74, 6) is -0.0754. The van der Waals surface area contributed by atoms with Gasteiger partial charge in [-0.3, -0.25) is 9.59 Å². The average Bonchev–Trinajstić information content (AvgIpc) is 3.12. The van der Waals surface area contributed by atoms with Gasteiger partial charge in [0.1, 0.15) is 5.69 Å². The molecule has 4 rings (SSSR count). The van der Waals surface area contributed by atoms with E-state index in [4.69, 9.17) is 11.6 Å². The zero-order chi connectivity index (χ0) is 19.7. The van der Waals surface area contributed by atoms with Crippen LogP contribution in [0.15, 0.2) is 54.7 Å². The van der Waals surface area contributed by atoms with Gasteiger partial charge in [-0.25, -0.2) is 0 Å². The minimum absolute atomic E-state index is 0.0984. The number of aromatic nitrogens is 1. The van der Waals surface area contributed by atoms with Gasteiger partial charge in [0.25, 0.3) is 5.91 Å². The van der Waals surface area contributed by atoms with Crippen molar-refractivity contribution in [1.82, 2.24) is 4.98 Å². The number of hydrogen-bond donors (Lipinski definition) is 2. The SMILES string of the molecule is Cc1cc[nH]c1C(=O)Nc1ccc2c(c1)CCC(=O)N2Cc1ccc(Cl)cc1. The monoisotopic (exact) mass is 393 g/mol. The molecular formula is C22H20ClN3O2. The molecule has 0 spiro atoms. The molecule has 0 aliphatic carbocycles. The molecule has 2 amide bonds.